The van der Waals surface area contributed by atoms with Crippen LogP contribution in [0, 0.1) is 22.2 Å². The molecule has 1 heterocycles. The summed E-state index contributed by atoms with van der Waals surface area (Å²) in [7, 11) is 0. The molecule has 4 aliphatic carbocycles. The van der Waals surface area contributed by atoms with E-state index in [0.717, 1.165) is 19.3 Å². The minimum atomic E-state index is -0.369. The molecule has 2 amide bonds. The Morgan fingerprint density at radius 2 is 1.75 bits per heavy atom. The normalized spacial score (nSPS) is 39.5. The minimum absolute atomic E-state index is 0.0201. The molecule has 0 saturated heterocycles. The Morgan fingerprint density at radius 3 is 2.33 bits per heavy atom. The van der Waals surface area contributed by atoms with Crippen molar-refractivity contribution in [3.8, 4) is 0 Å². The molecule has 2 N–H and O–H groups in total. The van der Waals surface area contributed by atoms with Gasteiger partial charge in [-0.2, -0.15) is 0 Å². The van der Waals surface area contributed by atoms with E-state index < -0.39 is 0 Å². The fourth-order valence-electron chi connectivity index (χ4n) is 6.51. The molecule has 0 aliphatic heterocycles. The van der Waals surface area contributed by atoms with Crippen molar-refractivity contribution in [3.05, 3.63) is 30.1 Å². The topological polar surface area (TPSA) is 71.1 Å². The van der Waals surface area contributed by atoms with E-state index in [4.69, 9.17) is 0 Å². The molecule has 4 aliphatic rings. The van der Waals surface area contributed by atoms with Gasteiger partial charge in [-0.05, 0) is 67.4 Å². The number of hydrogen-bond acceptors (Lipinski definition) is 3. The molecule has 0 radical (unpaired) electrons. The Bertz CT molecular complexity index is 669. The lowest BCUT2D eigenvalue weighted by atomic mass is 9.40. The first kappa shape index (κ1) is 15.6. The van der Waals surface area contributed by atoms with Gasteiger partial charge in [0.2, 0.25) is 5.91 Å². The molecule has 1 aromatic heterocycles. The first-order chi connectivity index (χ1) is 11.3. The molecule has 4 fully saturated rings. The van der Waals surface area contributed by atoms with E-state index in [0.29, 0.717) is 11.6 Å². The van der Waals surface area contributed by atoms with E-state index in [2.05, 4.69) is 29.7 Å². The molecule has 5 heteroatoms. The highest BCUT2D eigenvalue weighted by Crippen LogP contribution is 2.69. The number of hydrogen-bond donors (Lipinski definition) is 2. The summed E-state index contributed by atoms with van der Waals surface area (Å²) < 4.78 is 0. The number of carbonyl (C=O) groups is 2. The van der Waals surface area contributed by atoms with Crippen LogP contribution in [0.15, 0.2) is 24.4 Å². The number of rotatable bonds is 2. The highest BCUT2D eigenvalue weighted by Gasteiger charge is 2.62. The van der Waals surface area contributed by atoms with Crippen LogP contribution in [0.2, 0.25) is 0 Å². The van der Waals surface area contributed by atoms with Crippen LogP contribution in [-0.2, 0) is 4.79 Å². The predicted octanol–water partition coefficient (Wildman–Crippen LogP) is 2.84. The van der Waals surface area contributed by atoms with Crippen LogP contribution in [0.4, 0.5) is 0 Å². The van der Waals surface area contributed by atoms with Crippen molar-refractivity contribution >= 4 is 11.8 Å². The van der Waals surface area contributed by atoms with Gasteiger partial charge in [-0.3, -0.25) is 25.4 Å². The van der Waals surface area contributed by atoms with Crippen molar-refractivity contribution in [2.24, 2.45) is 22.2 Å². The van der Waals surface area contributed by atoms with Crippen LogP contribution in [-0.4, -0.2) is 16.8 Å². The van der Waals surface area contributed by atoms with Gasteiger partial charge in [0.25, 0.3) is 5.91 Å². The SMILES string of the molecule is C[C@]12CC3CC(C(=O)NNC(=O)c4ccccn4)(C1)C[C@@](C)(C3)C2. The first-order valence-corrected chi connectivity index (χ1v) is 8.84. The second-order valence-electron chi connectivity index (χ2n) is 9.03. The second kappa shape index (κ2) is 5.04. The van der Waals surface area contributed by atoms with E-state index in [1.807, 2.05) is 0 Å². The molecular formula is C19H25N3O2. The zero-order valence-corrected chi connectivity index (χ0v) is 14.4. The fraction of sp³-hybridized carbons (Fsp3) is 0.632. The van der Waals surface area contributed by atoms with E-state index in [-0.39, 0.29) is 28.1 Å². The second-order valence-corrected chi connectivity index (χ2v) is 9.03. The van der Waals surface area contributed by atoms with Crippen LogP contribution in [0.5, 0.6) is 0 Å². The zero-order chi connectivity index (χ0) is 17.0. The van der Waals surface area contributed by atoms with E-state index in [9.17, 15) is 9.59 Å². The summed E-state index contributed by atoms with van der Waals surface area (Å²) in [6.45, 7) is 4.68. The lowest BCUT2D eigenvalue weighted by molar-refractivity contribution is -0.170. The fourth-order valence-corrected chi connectivity index (χ4v) is 6.51. The average Bonchev–Trinajstić information content (AvgIpc) is 2.49. The first-order valence-electron chi connectivity index (χ1n) is 8.84. The zero-order valence-electron chi connectivity index (χ0n) is 14.4. The molecule has 4 saturated carbocycles. The third kappa shape index (κ3) is 2.50. The van der Waals surface area contributed by atoms with Crippen molar-refractivity contribution in [2.75, 3.05) is 0 Å². The lowest BCUT2D eigenvalue weighted by Crippen LogP contribution is -2.61. The Morgan fingerprint density at radius 1 is 1.04 bits per heavy atom. The van der Waals surface area contributed by atoms with Gasteiger partial charge in [-0.1, -0.05) is 19.9 Å². The molecule has 2 unspecified atom stereocenters. The maximum atomic E-state index is 13.0. The third-order valence-electron chi connectivity index (χ3n) is 6.30. The quantitative estimate of drug-likeness (QED) is 0.821. The van der Waals surface area contributed by atoms with Gasteiger partial charge in [0.1, 0.15) is 5.69 Å². The lowest BCUT2D eigenvalue weighted by Gasteiger charge is -2.64. The maximum Gasteiger partial charge on any atom is 0.288 e. The summed E-state index contributed by atoms with van der Waals surface area (Å²) in [5.41, 5.74) is 5.78. The predicted molar refractivity (Wildman–Crippen MR) is 89.7 cm³/mol. The van der Waals surface area contributed by atoms with Gasteiger partial charge in [-0.25, -0.2) is 0 Å². The van der Waals surface area contributed by atoms with E-state index in [1.165, 1.54) is 19.3 Å². The molecule has 24 heavy (non-hydrogen) atoms. The van der Waals surface area contributed by atoms with Crippen LogP contribution < -0.4 is 10.9 Å². The molecule has 5 nitrogen and oxygen atoms in total. The van der Waals surface area contributed by atoms with Crippen LogP contribution in [0.3, 0.4) is 0 Å². The highest BCUT2D eigenvalue weighted by atomic mass is 16.2. The summed E-state index contributed by atoms with van der Waals surface area (Å²) in [6, 6.07) is 5.14. The average molecular weight is 327 g/mol. The van der Waals surface area contributed by atoms with Crippen LogP contribution >= 0.6 is 0 Å². The Kier molecular flexibility index (Phi) is 3.28. The van der Waals surface area contributed by atoms with Crippen LogP contribution in [0.1, 0.15) is 62.9 Å². The van der Waals surface area contributed by atoms with Gasteiger partial charge < -0.3 is 0 Å². The molecule has 0 spiro atoms. The van der Waals surface area contributed by atoms with Gasteiger partial charge >= 0.3 is 0 Å². The highest BCUT2D eigenvalue weighted by molar-refractivity contribution is 5.94. The summed E-state index contributed by atoms with van der Waals surface area (Å²) in [5.74, 6) is 0.257. The monoisotopic (exact) mass is 327 g/mol. The van der Waals surface area contributed by atoms with E-state index >= 15 is 0 Å². The van der Waals surface area contributed by atoms with E-state index in [1.54, 1.807) is 24.4 Å². The summed E-state index contributed by atoms with van der Waals surface area (Å²) in [6.07, 6.45) is 8.14. The van der Waals surface area contributed by atoms with Gasteiger partial charge in [0.15, 0.2) is 0 Å². The Labute approximate surface area is 142 Å². The minimum Gasteiger partial charge on any atom is -0.273 e. The molecule has 4 bridgehead atoms. The van der Waals surface area contributed by atoms with Gasteiger partial charge in [-0.15, -0.1) is 0 Å². The standard InChI is InChI=1S/C19H25N3O2/c1-17-7-13-8-18(2,10-17)12-19(9-13,11-17)16(24)22-21-15(23)14-5-3-4-6-20-14/h3-6,13H,7-12H2,1-2H3,(H,21,23)(H,22,24)/t13?,17-,18+,19?. The summed E-state index contributed by atoms with van der Waals surface area (Å²) in [5, 5.41) is 0. The number of pyridine rings is 1. The molecule has 1 aromatic rings. The van der Waals surface area contributed by atoms with Crippen molar-refractivity contribution < 1.29 is 9.59 Å². The number of aromatic nitrogens is 1. The maximum absolute atomic E-state index is 13.0. The van der Waals surface area contributed by atoms with Crippen molar-refractivity contribution in [1.29, 1.82) is 0 Å². The van der Waals surface area contributed by atoms with Gasteiger partial charge in [0.05, 0.1) is 5.41 Å². The van der Waals surface area contributed by atoms with Gasteiger partial charge in [0, 0.05) is 6.20 Å². The van der Waals surface area contributed by atoms with Crippen LogP contribution in [0.25, 0.3) is 0 Å². The molecule has 128 valence electrons. The molecule has 5 rings (SSSR count). The third-order valence-corrected chi connectivity index (χ3v) is 6.30. The summed E-state index contributed by atoms with van der Waals surface area (Å²) in [4.78, 5) is 29.1. The molecule has 4 atom stereocenters. The van der Waals surface area contributed by atoms with Crippen molar-refractivity contribution in [2.45, 2.75) is 52.4 Å². The summed E-state index contributed by atoms with van der Waals surface area (Å²) >= 11 is 0. The molecular weight excluding hydrogens is 302 g/mol. The number of carbonyl (C=O) groups excluding carboxylic acids is 2. The largest absolute Gasteiger partial charge is 0.288 e. The molecule has 0 aromatic carbocycles. The number of hydrazine groups is 1. The number of nitrogens with zero attached hydrogens (tertiary/aromatic N) is 1. The number of nitrogens with one attached hydrogen (secondary N) is 2. The Balaban J connectivity index is 1.48. The Hall–Kier alpha value is -1.91. The van der Waals surface area contributed by atoms with Crippen molar-refractivity contribution in [1.82, 2.24) is 15.8 Å². The number of amides is 2. The smallest absolute Gasteiger partial charge is 0.273 e. The van der Waals surface area contributed by atoms with Crippen molar-refractivity contribution in [3.63, 3.8) is 0 Å².